The SMILES string of the molecule is C.C.C.C.C.C.C.C.CC.CC.CC.CC.CC.CC.CC.CC.Oc1c2cc(c(O)c1O)C(c1ccccc1)c1cc(c(O)c(O)c1O)C(c1ccccc1)c1cc(c(O)c(O)c1O)C(c1ccccc1)c1cc(c(O)c(O)c1O)C2c1ccccc1.Oc1cc(O)c2cc1C(c1ccccc1)c1cc(c(O)cc1O)C(c1ccccc1)c1cc(c(O)cc1O)C(c1ccccc1)c1cc(c(O)cc1O)C2c1ccccc1. The van der Waals surface area contributed by atoms with E-state index in [-0.39, 0.29) is 150 Å². The molecule has 20 nitrogen and oxygen atoms in total. The molecule has 0 aliphatic heterocycles. The van der Waals surface area contributed by atoms with Crippen molar-refractivity contribution < 1.29 is 102 Å². The van der Waals surface area contributed by atoms with Crippen LogP contribution in [0.15, 0.2) is 315 Å². The van der Waals surface area contributed by atoms with Gasteiger partial charge < -0.3 is 102 Å². The quantitative estimate of drug-likeness (QED) is 0.0628. The minimum Gasteiger partial charge on any atom is -0.507 e. The molecule has 0 saturated carbocycles. The molecule has 0 radical (unpaired) electrons. The average molecular weight is 2020 g/mol. The zero-order chi connectivity index (χ0) is 103. The average Bonchev–Trinajstić information content (AvgIpc) is 0.735. The van der Waals surface area contributed by atoms with Crippen molar-refractivity contribution in [2.75, 3.05) is 0 Å². The van der Waals surface area contributed by atoms with Crippen LogP contribution in [0.3, 0.4) is 0 Å². The van der Waals surface area contributed by atoms with Crippen molar-refractivity contribution in [1.82, 2.24) is 0 Å². The number of phenols is 20. The highest BCUT2D eigenvalue weighted by Crippen LogP contribution is 2.62. The minimum atomic E-state index is -1.32. The van der Waals surface area contributed by atoms with Gasteiger partial charge in [0.05, 0.1) is 0 Å². The van der Waals surface area contributed by atoms with Gasteiger partial charge in [0.2, 0.25) is 23.0 Å². The van der Waals surface area contributed by atoms with E-state index in [1.165, 1.54) is 48.5 Å². The van der Waals surface area contributed by atoms with Gasteiger partial charge in [-0.25, -0.2) is 0 Å². The first-order valence-electron chi connectivity index (χ1n) is 47.6. The van der Waals surface area contributed by atoms with Gasteiger partial charge in [-0.1, -0.05) is 413 Å². The molecule has 0 spiro atoms. The zero-order valence-electron chi connectivity index (χ0n) is 81.6. The standard InChI is InChI=1S/C52H40O12.C52H40O8.8C2H6.8CH4/c53-41-29-21-31(43(55)49(41)61)38(26-15-7-2-8-16-26)33-23-35(47(59)51(63)45(33)57)40(28-19-11-4-12-20-28)36-24-34(46(58)52(64)48(36)60)39(27-17-9-3-10-18-27)32-22-30(42(54)50(62)44(32)56)37(29)25-13-5-1-6-14-25;53-41-25-43(55)35-21-33(41)49(29-13-5-1-6-14-29)34-22-36(44(56)26-42(34)54)51(31-17-9-3-10-18-31)38-24-40(48(60)28-46(38)58)52(32-19-11-4-12-20-32)39-23-37(45(57)27-47(39)59)50(35)30-15-7-2-8-16-30;8*1-2;;;;;;;;/h1-24,37-40,53-64H;1-28,49-60H;8*1-2H3;8*1H4. The molecule has 20 heteroatoms. The van der Waals surface area contributed by atoms with Gasteiger partial charge in [0.1, 0.15) is 46.0 Å². The summed E-state index contributed by atoms with van der Waals surface area (Å²) in [6.07, 6.45) is 0. The first-order chi connectivity index (χ1) is 67.9. The van der Waals surface area contributed by atoms with Crippen LogP contribution in [-0.2, 0) is 0 Å². The molecule has 0 unspecified atom stereocenters. The lowest BCUT2D eigenvalue weighted by atomic mass is 9.74. The molecule has 0 heterocycles. The second-order valence-electron chi connectivity index (χ2n) is 31.0. The highest BCUT2D eigenvalue weighted by atomic mass is 16.4. The number of aromatic hydroxyl groups is 20. The Labute approximate surface area is 878 Å². The third-order valence-electron chi connectivity index (χ3n) is 24.0. The van der Waals surface area contributed by atoms with Crippen LogP contribution in [0.5, 0.6) is 115 Å². The molecule has 16 aromatic rings. The number of hydrogen-bond donors (Lipinski definition) is 20. The van der Waals surface area contributed by atoms with Crippen molar-refractivity contribution in [2.24, 2.45) is 0 Å². The summed E-state index contributed by atoms with van der Waals surface area (Å²) in [6, 6.07) is 87.3. The Morgan fingerprint density at radius 1 is 0.108 bits per heavy atom. The maximum absolute atomic E-state index is 11.9. The molecule has 0 amide bonds. The lowest BCUT2D eigenvalue weighted by Gasteiger charge is -2.30. The Balaban J connectivity index is 0.00000125. The van der Waals surface area contributed by atoms with Crippen molar-refractivity contribution >= 4 is 0 Å². The fourth-order valence-corrected chi connectivity index (χ4v) is 18.2. The fraction of sp³-hybridized carbons (Fsp3) is 0.250. The molecule has 792 valence electrons. The summed E-state index contributed by atoms with van der Waals surface area (Å²) in [5.41, 5.74) is 5.54. The Morgan fingerprint density at radius 2 is 0.189 bits per heavy atom. The van der Waals surface area contributed by atoms with Crippen LogP contribution >= 0.6 is 0 Å². The van der Waals surface area contributed by atoms with Gasteiger partial charge in [0.15, 0.2) is 46.0 Å². The predicted octanol–water partition coefficient (Wildman–Crippen LogP) is 32.9. The van der Waals surface area contributed by atoms with Gasteiger partial charge in [0, 0.05) is 161 Å². The molecule has 0 saturated heterocycles. The van der Waals surface area contributed by atoms with E-state index in [2.05, 4.69) is 0 Å². The monoisotopic (exact) mass is 2020 g/mol. The number of rotatable bonds is 8. The summed E-state index contributed by atoms with van der Waals surface area (Å²) in [5, 5.41) is 237. The smallest absolute Gasteiger partial charge is 0.200 e. The van der Waals surface area contributed by atoms with Crippen molar-refractivity contribution in [3.05, 3.63) is 449 Å². The summed E-state index contributed by atoms with van der Waals surface area (Å²) >= 11 is 0. The van der Waals surface area contributed by atoms with Crippen LogP contribution < -0.4 is 0 Å². The summed E-state index contributed by atoms with van der Waals surface area (Å²) < 4.78 is 0. The summed E-state index contributed by atoms with van der Waals surface area (Å²) in [5.74, 6) is -21.6. The molecular weight excluding hydrogens is 1860 g/mol. The highest BCUT2D eigenvalue weighted by molar-refractivity contribution is 5.76. The predicted molar refractivity (Wildman–Crippen MR) is 609 cm³/mol. The van der Waals surface area contributed by atoms with Gasteiger partial charge in [0.25, 0.3) is 0 Å². The van der Waals surface area contributed by atoms with Crippen LogP contribution in [0, 0.1) is 0 Å². The largest absolute Gasteiger partial charge is 0.507 e. The Morgan fingerprint density at radius 3 is 0.284 bits per heavy atom. The van der Waals surface area contributed by atoms with E-state index in [1.54, 1.807) is 146 Å². The summed E-state index contributed by atoms with van der Waals surface area (Å²) in [7, 11) is 0. The number of benzene rings is 16. The fourth-order valence-electron chi connectivity index (χ4n) is 18.2. The molecule has 2 aliphatic rings. The Hall–Kier alpha value is -16.5. The van der Waals surface area contributed by atoms with E-state index in [0.29, 0.717) is 89.0 Å². The maximum atomic E-state index is 11.9. The molecule has 148 heavy (non-hydrogen) atoms. The maximum Gasteiger partial charge on any atom is 0.200 e. The lowest BCUT2D eigenvalue weighted by Crippen LogP contribution is -2.13. The topological polar surface area (TPSA) is 405 Å². The van der Waals surface area contributed by atoms with E-state index in [1.807, 2.05) is 232 Å². The van der Waals surface area contributed by atoms with Crippen LogP contribution in [0.25, 0.3) is 0 Å². The third-order valence-corrected chi connectivity index (χ3v) is 24.0. The normalized spacial score (nSPS) is 14.6. The number of fused-ring (bicyclic) bond motifs is 16. The van der Waals surface area contributed by atoms with Gasteiger partial charge in [-0.3, -0.25) is 0 Å². The van der Waals surface area contributed by atoms with Gasteiger partial charge in [-0.2, -0.15) is 0 Å². The molecule has 0 aromatic heterocycles. The van der Waals surface area contributed by atoms with E-state index >= 15 is 0 Å². The highest BCUT2D eigenvalue weighted by Gasteiger charge is 2.42. The molecule has 16 bridgehead atoms. The van der Waals surface area contributed by atoms with Gasteiger partial charge in [-0.15, -0.1) is 0 Å². The van der Waals surface area contributed by atoms with Gasteiger partial charge >= 0.3 is 0 Å². The van der Waals surface area contributed by atoms with Crippen LogP contribution in [0.2, 0.25) is 0 Å². The van der Waals surface area contributed by atoms with Crippen LogP contribution in [0.1, 0.15) is 351 Å². The van der Waals surface area contributed by atoms with E-state index in [4.69, 9.17) is 0 Å². The van der Waals surface area contributed by atoms with Crippen LogP contribution in [-0.4, -0.2) is 102 Å². The molecule has 0 fully saturated rings. The van der Waals surface area contributed by atoms with E-state index in [0.717, 1.165) is 0 Å². The molecule has 20 N–H and O–H groups in total. The molecule has 0 atom stereocenters. The summed E-state index contributed by atoms with van der Waals surface area (Å²) in [6.45, 7) is 32.0. The lowest BCUT2D eigenvalue weighted by molar-refractivity contribution is 0.353. The molecular formula is C128H160O20. The number of phenolic OH excluding ortho intramolecular Hbond substituents is 20. The second kappa shape index (κ2) is 59.7. The number of hydrogen-bond acceptors (Lipinski definition) is 20. The zero-order valence-corrected chi connectivity index (χ0v) is 81.6. The van der Waals surface area contributed by atoms with Crippen molar-refractivity contribution in [1.29, 1.82) is 0 Å². The molecule has 16 aromatic carbocycles. The van der Waals surface area contributed by atoms with E-state index < -0.39 is 116 Å². The Kier molecular flexibility index (Phi) is 52.2. The second-order valence-corrected chi connectivity index (χ2v) is 31.0. The Bertz CT molecular complexity index is 5740. The van der Waals surface area contributed by atoms with Crippen LogP contribution in [0.4, 0.5) is 0 Å². The first-order valence-corrected chi connectivity index (χ1v) is 47.6. The molecule has 18 rings (SSSR count). The molecule has 2 aliphatic carbocycles. The third kappa shape index (κ3) is 25.9. The van der Waals surface area contributed by atoms with E-state index in [9.17, 15) is 102 Å². The van der Waals surface area contributed by atoms with Crippen molar-refractivity contribution in [3.63, 3.8) is 0 Å². The first kappa shape index (κ1) is 130. The minimum absolute atomic E-state index is 0. The van der Waals surface area contributed by atoms with Crippen molar-refractivity contribution in [2.45, 2.75) is 218 Å². The van der Waals surface area contributed by atoms with Crippen molar-refractivity contribution in [3.8, 4) is 115 Å². The van der Waals surface area contributed by atoms with Gasteiger partial charge in [-0.05, 0) is 93.0 Å². The summed E-state index contributed by atoms with van der Waals surface area (Å²) in [4.78, 5) is 0.